The number of benzene rings is 1. The topological polar surface area (TPSA) is 52.4 Å². The van der Waals surface area contributed by atoms with Crippen LogP contribution in [0.3, 0.4) is 0 Å². The van der Waals surface area contributed by atoms with Gasteiger partial charge in [0.15, 0.2) is 0 Å². The fourth-order valence-electron chi connectivity index (χ4n) is 1.28. The maximum atomic E-state index is 9.93. The Morgan fingerprint density at radius 3 is 2.31 bits per heavy atom. The second-order valence-corrected chi connectivity index (χ2v) is 2.99. The molecule has 0 saturated carbocycles. The van der Waals surface area contributed by atoms with E-state index in [1.54, 1.807) is 0 Å². The van der Waals surface area contributed by atoms with E-state index in [1.807, 2.05) is 32.0 Å². The van der Waals surface area contributed by atoms with E-state index >= 15 is 0 Å². The molecule has 0 aliphatic carbocycles. The number of hydrogen-bond donors (Lipinski definition) is 0. The van der Waals surface area contributed by atoms with Crippen molar-refractivity contribution < 1.29 is 9.92 Å². The molecule has 1 aromatic rings. The summed E-state index contributed by atoms with van der Waals surface area (Å²) >= 11 is 0. The molecule has 0 saturated heterocycles. The average molecular weight is 181 g/mol. The third kappa shape index (κ3) is 3.11. The van der Waals surface area contributed by atoms with E-state index < -0.39 is 5.09 Å². The third-order valence-corrected chi connectivity index (χ3v) is 1.62. The molecule has 0 aliphatic rings. The Bertz CT molecular complexity index is 302. The summed E-state index contributed by atoms with van der Waals surface area (Å²) < 4.78 is 0. The van der Waals surface area contributed by atoms with E-state index in [1.165, 1.54) is 0 Å². The van der Waals surface area contributed by atoms with Crippen LogP contribution in [-0.4, -0.2) is 5.09 Å². The zero-order chi connectivity index (χ0) is 9.84. The molecule has 0 heterocycles. The Labute approximate surface area is 76.2 Å². The van der Waals surface area contributed by atoms with Crippen molar-refractivity contribution in [2.75, 3.05) is 0 Å². The highest BCUT2D eigenvalue weighted by Crippen LogP contribution is 2.09. The van der Waals surface area contributed by atoms with Crippen LogP contribution in [0.25, 0.3) is 0 Å². The highest BCUT2D eigenvalue weighted by molar-refractivity contribution is 5.27. The van der Waals surface area contributed by atoms with Crippen LogP contribution in [0.5, 0.6) is 0 Å². The molecular formula is C9H11NO3. The quantitative estimate of drug-likeness (QED) is 0.529. The molecule has 0 radical (unpaired) electrons. The van der Waals surface area contributed by atoms with Gasteiger partial charge in [0.1, 0.15) is 6.61 Å². The second-order valence-electron chi connectivity index (χ2n) is 2.99. The summed E-state index contributed by atoms with van der Waals surface area (Å²) in [6, 6.07) is 5.75. The van der Waals surface area contributed by atoms with Crippen molar-refractivity contribution in [1.29, 1.82) is 0 Å². The first-order chi connectivity index (χ1) is 6.08. The minimum atomic E-state index is -0.780. The van der Waals surface area contributed by atoms with Gasteiger partial charge in [-0.25, -0.2) is 0 Å². The first-order valence-corrected chi connectivity index (χ1v) is 3.92. The van der Waals surface area contributed by atoms with Crippen LogP contribution in [0.15, 0.2) is 18.2 Å². The van der Waals surface area contributed by atoms with E-state index in [4.69, 9.17) is 0 Å². The molecule has 0 amide bonds. The minimum Gasteiger partial charge on any atom is -0.309 e. The second kappa shape index (κ2) is 3.89. The molecule has 0 fully saturated rings. The molecule has 0 spiro atoms. The molecule has 4 nitrogen and oxygen atoms in total. The van der Waals surface area contributed by atoms with Gasteiger partial charge in [0.2, 0.25) is 0 Å². The van der Waals surface area contributed by atoms with Crippen molar-refractivity contribution >= 4 is 0 Å². The summed E-state index contributed by atoms with van der Waals surface area (Å²) in [7, 11) is 0. The van der Waals surface area contributed by atoms with Crippen molar-refractivity contribution in [3.63, 3.8) is 0 Å². The monoisotopic (exact) mass is 181 g/mol. The normalized spacial score (nSPS) is 9.69. The Morgan fingerprint density at radius 2 is 1.85 bits per heavy atom. The minimum absolute atomic E-state index is 0.0233. The lowest BCUT2D eigenvalue weighted by molar-refractivity contribution is -0.763. The predicted molar refractivity (Wildman–Crippen MR) is 47.7 cm³/mol. The van der Waals surface area contributed by atoms with Crippen LogP contribution in [0.1, 0.15) is 16.7 Å². The summed E-state index contributed by atoms with van der Waals surface area (Å²) in [6.07, 6.45) is 0. The summed E-state index contributed by atoms with van der Waals surface area (Å²) in [5, 5.41) is 9.15. The van der Waals surface area contributed by atoms with Crippen molar-refractivity contribution in [2.45, 2.75) is 20.5 Å². The molecule has 13 heavy (non-hydrogen) atoms. The Balaban J connectivity index is 2.71. The van der Waals surface area contributed by atoms with Gasteiger partial charge < -0.3 is 4.84 Å². The lowest BCUT2D eigenvalue weighted by Gasteiger charge is -2.02. The van der Waals surface area contributed by atoms with Gasteiger partial charge in [0, 0.05) is 0 Å². The highest BCUT2D eigenvalue weighted by atomic mass is 16.9. The van der Waals surface area contributed by atoms with Crippen LogP contribution < -0.4 is 0 Å². The van der Waals surface area contributed by atoms with Crippen LogP contribution >= 0.6 is 0 Å². The summed E-state index contributed by atoms with van der Waals surface area (Å²) in [5.74, 6) is 0. The van der Waals surface area contributed by atoms with E-state index in [9.17, 15) is 10.1 Å². The smallest absolute Gasteiger partial charge is 0.294 e. The Hall–Kier alpha value is -1.58. The zero-order valence-electron chi connectivity index (χ0n) is 7.61. The summed E-state index contributed by atoms with van der Waals surface area (Å²) in [6.45, 7) is 3.92. The van der Waals surface area contributed by atoms with Gasteiger partial charge in [0.05, 0.1) is 0 Å². The maximum absolute atomic E-state index is 9.93. The molecule has 0 N–H and O–H groups in total. The number of nitrogens with zero attached hydrogens (tertiary/aromatic N) is 1. The largest absolute Gasteiger partial charge is 0.309 e. The number of rotatable bonds is 3. The predicted octanol–water partition coefficient (Wildman–Crippen LogP) is 2.01. The zero-order valence-corrected chi connectivity index (χ0v) is 7.61. The van der Waals surface area contributed by atoms with E-state index in [2.05, 4.69) is 4.84 Å². The van der Waals surface area contributed by atoms with Gasteiger partial charge >= 0.3 is 0 Å². The van der Waals surface area contributed by atoms with Gasteiger partial charge in [-0.3, -0.25) is 0 Å². The Kier molecular flexibility index (Phi) is 2.84. The summed E-state index contributed by atoms with van der Waals surface area (Å²) in [4.78, 5) is 14.2. The van der Waals surface area contributed by atoms with E-state index in [0.29, 0.717) is 0 Å². The molecule has 0 unspecified atom stereocenters. The van der Waals surface area contributed by atoms with Crippen LogP contribution in [0.2, 0.25) is 0 Å². The van der Waals surface area contributed by atoms with Crippen LogP contribution in [0.4, 0.5) is 0 Å². The van der Waals surface area contributed by atoms with Gasteiger partial charge in [-0.15, -0.1) is 10.1 Å². The van der Waals surface area contributed by atoms with Crippen molar-refractivity contribution in [3.8, 4) is 0 Å². The molecule has 4 heteroatoms. The fraction of sp³-hybridized carbons (Fsp3) is 0.333. The van der Waals surface area contributed by atoms with E-state index in [-0.39, 0.29) is 6.61 Å². The lowest BCUT2D eigenvalue weighted by Crippen LogP contribution is -2.00. The first kappa shape index (κ1) is 9.51. The molecule has 0 aliphatic heterocycles. The van der Waals surface area contributed by atoms with Gasteiger partial charge in [-0.05, 0) is 19.4 Å². The SMILES string of the molecule is Cc1cc(C)cc(CO[N+](=O)[O-])c1. The highest BCUT2D eigenvalue weighted by Gasteiger charge is 1.98. The number of hydrogen-bond acceptors (Lipinski definition) is 3. The van der Waals surface area contributed by atoms with Gasteiger partial charge in [-0.2, -0.15) is 0 Å². The van der Waals surface area contributed by atoms with Gasteiger partial charge in [0.25, 0.3) is 5.09 Å². The third-order valence-electron chi connectivity index (χ3n) is 1.62. The van der Waals surface area contributed by atoms with Crippen LogP contribution in [0, 0.1) is 24.0 Å². The molecule has 70 valence electrons. The molecule has 0 bridgehead atoms. The molecule has 1 rings (SSSR count). The van der Waals surface area contributed by atoms with Crippen LogP contribution in [-0.2, 0) is 11.4 Å². The average Bonchev–Trinajstić information content (AvgIpc) is 1.99. The van der Waals surface area contributed by atoms with Crippen molar-refractivity contribution in [1.82, 2.24) is 0 Å². The molecular weight excluding hydrogens is 170 g/mol. The maximum Gasteiger partial charge on any atom is 0.294 e. The van der Waals surface area contributed by atoms with Gasteiger partial charge in [-0.1, -0.05) is 29.3 Å². The molecule has 1 aromatic carbocycles. The van der Waals surface area contributed by atoms with E-state index in [0.717, 1.165) is 16.7 Å². The number of aryl methyl sites for hydroxylation is 2. The fourth-order valence-corrected chi connectivity index (χ4v) is 1.28. The standard InChI is InChI=1S/C9H11NO3/c1-7-3-8(2)5-9(4-7)6-13-10(11)12/h3-5H,6H2,1-2H3. The van der Waals surface area contributed by atoms with Crippen molar-refractivity contribution in [2.24, 2.45) is 0 Å². The molecule has 0 atom stereocenters. The lowest BCUT2D eigenvalue weighted by atomic mass is 10.1. The summed E-state index contributed by atoms with van der Waals surface area (Å²) in [5.41, 5.74) is 3.00. The Morgan fingerprint density at radius 1 is 1.31 bits per heavy atom. The molecule has 0 aromatic heterocycles. The first-order valence-electron chi connectivity index (χ1n) is 3.92. The van der Waals surface area contributed by atoms with Crippen molar-refractivity contribution in [3.05, 3.63) is 45.0 Å².